The fourth-order valence-electron chi connectivity index (χ4n) is 2.73. The third-order valence-corrected chi connectivity index (χ3v) is 3.60. The average molecular weight is 220 g/mol. The molecule has 0 heterocycles. The molecule has 3 rings (SSSR count). The van der Waals surface area contributed by atoms with Crippen molar-refractivity contribution in [1.82, 2.24) is 0 Å². The second kappa shape index (κ2) is 4.21. The molecule has 1 aliphatic carbocycles. The molecule has 0 amide bonds. The van der Waals surface area contributed by atoms with Crippen molar-refractivity contribution >= 4 is 0 Å². The van der Waals surface area contributed by atoms with Gasteiger partial charge in [0.25, 0.3) is 0 Å². The zero-order chi connectivity index (χ0) is 11.7. The molecular weight excluding hydrogens is 204 g/mol. The lowest BCUT2D eigenvalue weighted by Gasteiger charge is -2.22. The minimum atomic E-state index is 0.978. The molecule has 0 saturated carbocycles. The van der Waals surface area contributed by atoms with Gasteiger partial charge in [-0.1, -0.05) is 48.5 Å². The fraction of sp³-hybridized carbons (Fsp3) is 0.176. The highest BCUT2D eigenvalue weighted by molar-refractivity contribution is 5.48. The number of hydrogen-bond donors (Lipinski definition) is 0. The van der Waals surface area contributed by atoms with Crippen LogP contribution in [-0.4, -0.2) is 0 Å². The highest BCUT2D eigenvalue weighted by Gasteiger charge is 2.16. The number of allylic oxidation sites excluding steroid dienone is 1. The van der Waals surface area contributed by atoms with Crippen molar-refractivity contribution in [2.24, 2.45) is 0 Å². The minimum Gasteiger partial charge on any atom is -0.103 e. The van der Waals surface area contributed by atoms with Crippen LogP contribution in [0.3, 0.4) is 0 Å². The predicted octanol–water partition coefficient (Wildman–Crippen LogP) is 3.91. The molecule has 0 atom stereocenters. The van der Waals surface area contributed by atoms with Crippen molar-refractivity contribution in [3.8, 4) is 0 Å². The summed E-state index contributed by atoms with van der Waals surface area (Å²) in [5.74, 6) is 0. The molecule has 0 unspecified atom stereocenters. The highest BCUT2D eigenvalue weighted by Crippen LogP contribution is 2.29. The summed E-state index contributed by atoms with van der Waals surface area (Å²) in [5.41, 5.74) is 7.41. The van der Waals surface area contributed by atoms with E-state index in [9.17, 15) is 0 Å². The molecule has 0 N–H and O–H groups in total. The SMILES string of the molecule is C=CCc1cccc2c1Cc1ccccc1C2. The van der Waals surface area contributed by atoms with E-state index in [-0.39, 0.29) is 0 Å². The van der Waals surface area contributed by atoms with Crippen molar-refractivity contribution in [2.45, 2.75) is 19.3 Å². The van der Waals surface area contributed by atoms with Crippen molar-refractivity contribution in [2.75, 3.05) is 0 Å². The maximum Gasteiger partial charge on any atom is -0.00172 e. The summed E-state index contributed by atoms with van der Waals surface area (Å²) < 4.78 is 0. The Morgan fingerprint density at radius 2 is 1.59 bits per heavy atom. The summed E-state index contributed by atoms with van der Waals surface area (Å²) in [6, 6.07) is 15.4. The lowest BCUT2D eigenvalue weighted by atomic mass is 9.83. The van der Waals surface area contributed by atoms with Gasteiger partial charge in [-0.3, -0.25) is 0 Å². The summed E-state index contributed by atoms with van der Waals surface area (Å²) in [5, 5.41) is 0. The normalized spacial score (nSPS) is 12.7. The van der Waals surface area contributed by atoms with E-state index < -0.39 is 0 Å². The Labute approximate surface area is 103 Å². The molecule has 0 aliphatic heterocycles. The van der Waals surface area contributed by atoms with Crippen LogP contribution < -0.4 is 0 Å². The van der Waals surface area contributed by atoms with E-state index in [1.54, 1.807) is 0 Å². The lowest BCUT2D eigenvalue weighted by Crippen LogP contribution is -2.09. The molecule has 0 nitrogen and oxygen atoms in total. The van der Waals surface area contributed by atoms with Gasteiger partial charge in [-0.2, -0.15) is 0 Å². The molecule has 0 fully saturated rings. The van der Waals surface area contributed by atoms with Gasteiger partial charge in [0, 0.05) is 0 Å². The van der Waals surface area contributed by atoms with Gasteiger partial charge in [0.1, 0.15) is 0 Å². The first-order valence-electron chi connectivity index (χ1n) is 6.16. The average Bonchev–Trinajstić information content (AvgIpc) is 2.37. The number of hydrogen-bond acceptors (Lipinski definition) is 0. The maximum absolute atomic E-state index is 3.85. The standard InChI is InChI=1S/C17H16/c1-2-6-13-9-5-10-16-11-14-7-3-4-8-15(14)12-17(13)16/h2-5,7-10H,1,6,11-12H2. The van der Waals surface area contributed by atoms with E-state index in [2.05, 4.69) is 49.0 Å². The van der Waals surface area contributed by atoms with Gasteiger partial charge in [-0.25, -0.2) is 0 Å². The Kier molecular flexibility index (Phi) is 2.56. The Morgan fingerprint density at radius 3 is 2.35 bits per heavy atom. The van der Waals surface area contributed by atoms with Crippen LogP contribution in [-0.2, 0) is 19.3 Å². The number of fused-ring (bicyclic) bond motifs is 2. The number of rotatable bonds is 2. The van der Waals surface area contributed by atoms with E-state index in [1.165, 1.54) is 27.8 Å². The van der Waals surface area contributed by atoms with Crippen LogP contribution >= 0.6 is 0 Å². The van der Waals surface area contributed by atoms with Crippen molar-refractivity contribution in [3.05, 3.63) is 82.9 Å². The van der Waals surface area contributed by atoms with E-state index in [4.69, 9.17) is 0 Å². The van der Waals surface area contributed by atoms with Gasteiger partial charge < -0.3 is 0 Å². The third-order valence-electron chi connectivity index (χ3n) is 3.60. The molecule has 84 valence electrons. The van der Waals surface area contributed by atoms with Crippen LogP contribution in [0.4, 0.5) is 0 Å². The smallest absolute Gasteiger partial charge is 0.00172 e. The quantitative estimate of drug-likeness (QED) is 0.574. The van der Waals surface area contributed by atoms with E-state index in [0.717, 1.165) is 19.3 Å². The second-order valence-corrected chi connectivity index (χ2v) is 4.67. The Morgan fingerprint density at radius 1 is 0.882 bits per heavy atom. The predicted molar refractivity (Wildman–Crippen MR) is 72.4 cm³/mol. The summed E-state index contributed by atoms with van der Waals surface area (Å²) in [6.07, 6.45) is 5.13. The van der Waals surface area contributed by atoms with Gasteiger partial charge >= 0.3 is 0 Å². The first kappa shape index (κ1) is 10.3. The van der Waals surface area contributed by atoms with Crippen LogP contribution in [0, 0.1) is 0 Å². The van der Waals surface area contributed by atoms with Crippen LogP contribution in [0.1, 0.15) is 27.8 Å². The molecule has 2 aromatic carbocycles. The summed E-state index contributed by atoms with van der Waals surface area (Å²) in [6.45, 7) is 3.85. The van der Waals surface area contributed by atoms with Gasteiger partial charge in [0.2, 0.25) is 0 Å². The Hall–Kier alpha value is -1.82. The molecule has 2 aromatic rings. The van der Waals surface area contributed by atoms with E-state index in [0.29, 0.717) is 0 Å². The van der Waals surface area contributed by atoms with Crippen LogP contribution in [0.2, 0.25) is 0 Å². The largest absolute Gasteiger partial charge is 0.103 e. The first-order valence-corrected chi connectivity index (χ1v) is 6.16. The Balaban J connectivity index is 2.08. The van der Waals surface area contributed by atoms with Crippen LogP contribution in [0.5, 0.6) is 0 Å². The van der Waals surface area contributed by atoms with Crippen LogP contribution in [0.15, 0.2) is 55.1 Å². The third kappa shape index (κ3) is 1.80. The first-order chi connectivity index (χ1) is 8.38. The zero-order valence-corrected chi connectivity index (χ0v) is 9.95. The second-order valence-electron chi connectivity index (χ2n) is 4.67. The molecule has 0 aromatic heterocycles. The van der Waals surface area contributed by atoms with Crippen molar-refractivity contribution in [3.63, 3.8) is 0 Å². The van der Waals surface area contributed by atoms with Gasteiger partial charge in [0.05, 0.1) is 0 Å². The zero-order valence-electron chi connectivity index (χ0n) is 9.95. The molecule has 0 bridgehead atoms. The summed E-state index contributed by atoms with van der Waals surface area (Å²) in [7, 11) is 0. The summed E-state index contributed by atoms with van der Waals surface area (Å²) in [4.78, 5) is 0. The molecular formula is C17H16. The molecule has 0 heteroatoms. The van der Waals surface area contributed by atoms with Gasteiger partial charge in [-0.05, 0) is 47.1 Å². The number of benzene rings is 2. The van der Waals surface area contributed by atoms with E-state index >= 15 is 0 Å². The van der Waals surface area contributed by atoms with Gasteiger partial charge in [-0.15, -0.1) is 6.58 Å². The van der Waals surface area contributed by atoms with Crippen LogP contribution in [0.25, 0.3) is 0 Å². The van der Waals surface area contributed by atoms with Gasteiger partial charge in [0.15, 0.2) is 0 Å². The van der Waals surface area contributed by atoms with Crippen molar-refractivity contribution in [1.29, 1.82) is 0 Å². The molecule has 1 aliphatic rings. The highest BCUT2D eigenvalue weighted by atomic mass is 14.2. The molecule has 0 saturated heterocycles. The fourth-order valence-corrected chi connectivity index (χ4v) is 2.73. The van der Waals surface area contributed by atoms with Crippen molar-refractivity contribution < 1.29 is 0 Å². The molecule has 0 spiro atoms. The maximum atomic E-state index is 3.85. The monoisotopic (exact) mass is 220 g/mol. The summed E-state index contributed by atoms with van der Waals surface area (Å²) >= 11 is 0. The minimum absolute atomic E-state index is 0.978. The molecule has 0 radical (unpaired) electrons. The lowest BCUT2D eigenvalue weighted by molar-refractivity contribution is 0.974. The Bertz CT molecular complexity index is 564. The van der Waals surface area contributed by atoms with E-state index in [1.807, 2.05) is 6.08 Å². The molecule has 17 heavy (non-hydrogen) atoms. The topological polar surface area (TPSA) is 0 Å².